The second-order valence-corrected chi connectivity index (χ2v) is 4.98. The lowest BCUT2D eigenvalue weighted by Crippen LogP contribution is -2.48. The van der Waals surface area contributed by atoms with E-state index in [9.17, 15) is 4.79 Å². The van der Waals surface area contributed by atoms with Crippen molar-refractivity contribution in [1.82, 2.24) is 5.32 Å². The molecule has 0 radical (unpaired) electrons. The fourth-order valence-corrected chi connectivity index (χ4v) is 1.28. The summed E-state index contributed by atoms with van der Waals surface area (Å²) in [7, 11) is 1.62. The molecule has 0 aromatic heterocycles. The summed E-state index contributed by atoms with van der Waals surface area (Å²) in [5.41, 5.74) is 5.49. The van der Waals surface area contributed by atoms with Crippen LogP contribution < -0.4 is 11.1 Å². The summed E-state index contributed by atoms with van der Waals surface area (Å²) in [6, 6.07) is -0.0802. The summed E-state index contributed by atoms with van der Waals surface area (Å²) in [5, 5.41) is 2.90. The Bertz CT molecular complexity index is 203. The Kier molecular flexibility index (Phi) is 5.83. The predicted molar refractivity (Wildman–Crippen MR) is 61.5 cm³/mol. The Morgan fingerprint density at radius 1 is 1.47 bits per heavy atom. The molecule has 90 valence electrons. The normalized spacial score (nSPS) is 14.1. The third-order valence-electron chi connectivity index (χ3n) is 2.26. The number of nitrogens with two attached hydrogens (primary N) is 1. The van der Waals surface area contributed by atoms with Gasteiger partial charge in [0, 0.05) is 19.6 Å². The molecule has 0 fully saturated rings. The van der Waals surface area contributed by atoms with Gasteiger partial charge in [-0.3, -0.25) is 4.79 Å². The lowest BCUT2D eigenvalue weighted by atomic mass is 10.0. The summed E-state index contributed by atoms with van der Waals surface area (Å²) in [4.78, 5) is 11.6. The molecule has 0 aliphatic rings. The van der Waals surface area contributed by atoms with Crippen LogP contribution in [0.3, 0.4) is 0 Å². The molecule has 0 heterocycles. The molecule has 1 unspecified atom stereocenters. The van der Waals surface area contributed by atoms with E-state index in [2.05, 4.69) is 5.32 Å². The van der Waals surface area contributed by atoms with E-state index in [4.69, 9.17) is 10.5 Å². The number of ether oxygens (including phenoxy) is 1. The molecule has 0 bridgehead atoms. The van der Waals surface area contributed by atoms with Crippen molar-refractivity contribution in [1.29, 1.82) is 0 Å². The maximum atomic E-state index is 11.6. The van der Waals surface area contributed by atoms with Crippen LogP contribution in [0.4, 0.5) is 0 Å². The number of hydrogen-bond acceptors (Lipinski definition) is 3. The summed E-state index contributed by atoms with van der Waals surface area (Å²) < 4.78 is 5.01. The van der Waals surface area contributed by atoms with Gasteiger partial charge in [0.2, 0.25) is 5.91 Å². The number of nitrogens with one attached hydrogen (secondary N) is 1. The van der Waals surface area contributed by atoms with Crippen LogP contribution in [0.5, 0.6) is 0 Å². The highest BCUT2D eigenvalue weighted by atomic mass is 16.5. The van der Waals surface area contributed by atoms with Crippen molar-refractivity contribution >= 4 is 5.91 Å². The van der Waals surface area contributed by atoms with Gasteiger partial charge in [0.25, 0.3) is 0 Å². The van der Waals surface area contributed by atoms with Crippen LogP contribution in [0, 0.1) is 5.92 Å². The maximum Gasteiger partial charge on any atom is 0.222 e. The number of hydrogen-bond donors (Lipinski definition) is 2. The fourth-order valence-electron chi connectivity index (χ4n) is 1.28. The van der Waals surface area contributed by atoms with E-state index in [0.29, 0.717) is 18.9 Å². The fraction of sp³-hybridized carbons (Fsp3) is 0.909. The van der Waals surface area contributed by atoms with Crippen LogP contribution in [0.25, 0.3) is 0 Å². The summed E-state index contributed by atoms with van der Waals surface area (Å²) in [6.45, 7) is 8.37. The zero-order chi connectivity index (χ0) is 12.1. The molecule has 0 saturated heterocycles. The molecule has 0 aromatic carbocycles. The van der Waals surface area contributed by atoms with Crippen molar-refractivity contribution in [3.8, 4) is 0 Å². The van der Waals surface area contributed by atoms with Gasteiger partial charge in [0.1, 0.15) is 0 Å². The molecule has 1 amide bonds. The number of carbonyl (C=O) groups is 1. The van der Waals surface area contributed by atoms with Gasteiger partial charge in [-0.25, -0.2) is 0 Å². The minimum absolute atomic E-state index is 0.0155. The Hall–Kier alpha value is -0.610. The zero-order valence-corrected chi connectivity index (χ0v) is 10.5. The van der Waals surface area contributed by atoms with E-state index < -0.39 is 0 Å². The molecule has 4 nitrogen and oxygen atoms in total. The molecular formula is C11H24N2O2. The van der Waals surface area contributed by atoms with Gasteiger partial charge in [-0.1, -0.05) is 13.8 Å². The van der Waals surface area contributed by atoms with Gasteiger partial charge in [0.05, 0.1) is 12.1 Å². The molecule has 15 heavy (non-hydrogen) atoms. The van der Waals surface area contributed by atoms with Crippen molar-refractivity contribution < 1.29 is 9.53 Å². The van der Waals surface area contributed by atoms with Crippen molar-refractivity contribution in [3.05, 3.63) is 0 Å². The third-order valence-corrected chi connectivity index (χ3v) is 2.26. The largest absolute Gasteiger partial charge is 0.382 e. The molecule has 0 aromatic rings. The van der Waals surface area contributed by atoms with Gasteiger partial charge in [-0.05, 0) is 19.8 Å². The topological polar surface area (TPSA) is 64.3 Å². The van der Waals surface area contributed by atoms with Gasteiger partial charge in [0.15, 0.2) is 0 Å². The lowest BCUT2D eigenvalue weighted by Gasteiger charge is -2.26. The number of rotatable bonds is 6. The summed E-state index contributed by atoms with van der Waals surface area (Å²) in [6.07, 6.45) is 0.366. The van der Waals surface area contributed by atoms with Gasteiger partial charge >= 0.3 is 0 Å². The first kappa shape index (κ1) is 14.4. The van der Waals surface area contributed by atoms with E-state index in [1.807, 2.05) is 27.7 Å². The molecule has 0 saturated carbocycles. The predicted octanol–water partition coefficient (Wildman–Crippen LogP) is 0.901. The highest BCUT2D eigenvalue weighted by Gasteiger charge is 2.21. The lowest BCUT2D eigenvalue weighted by molar-refractivity contribution is -0.123. The van der Waals surface area contributed by atoms with Crippen molar-refractivity contribution in [2.24, 2.45) is 11.7 Å². The number of methoxy groups -OCH3 is 1. The highest BCUT2D eigenvalue weighted by Crippen LogP contribution is 2.06. The maximum absolute atomic E-state index is 11.6. The van der Waals surface area contributed by atoms with Gasteiger partial charge in [-0.15, -0.1) is 0 Å². The molecule has 4 heteroatoms. The van der Waals surface area contributed by atoms with Gasteiger partial charge in [-0.2, -0.15) is 0 Å². The van der Waals surface area contributed by atoms with Crippen LogP contribution in [0.15, 0.2) is 0 Å². The quantitative estimate of drug-likeness (QED) is 0.693. The summed E-state index contributed by atoms with van der Waals surface area (Å²) >= 11 is 0. The first-order valence-corrected chi connectivity index (χ1v) is 5.34. The van der Waals surface area contributed by atoms with Crippen molar-refractivity contribution in [3.63, 3.8) is 0 Å². The monoisotopic (exact) mass is 216 g/mol. The molecule has 0 rings (SSSR count). The van der Waals surface area contributed by atoms with Crippen LogP contribution in [-0.4, -0.2) is 31.2 Å². The SMILES string of the molecule is COCC(C)(C)NC(=O)CC(N)C(C)C. The average molecular weight is 216 g/mol. The minimum Gasteiger partial charge on any atom is -0.382 e. The number of carbonyl (C=O) groups excluding carboxylic acids is 1. The third kappa shape index (κ3) is 6.47. The zero-order valence-electron chi connectivity index (χ0n) is 10.5. The second kappa shape index (κ2) is 6.08. The van der Waals surface area contributed by atoms with E-state index in [0.717, 1.165) is 0 Å². The molecular weight excluding hydrogens is 192 g/mol. The van der Waals surface area contributed by atoms with Crippen LogP contribution in [0.1, 0.15) is 34.1 Å². The van der Waals surface area contributed by atoms with Crippen LogP contribution in [0.2, 0.25) is 0 Å². The van der Waals surface area contributed by atoms with E-state index in [1.54, 1.807) is 7.11 Å². The van der Waals surface area contributed by atoms with E-state index >= 15 is 0 Å². The first-order chi connectivity index (χ1) is 6.78. The molecule has 1 atom stereocenters. The molecule has 3 N–H and O–H groups in total. The Balaban J connectivity index is 4.03. The van der Waals surface area contributed by atoms with Gasteiger partial charge < -0.3 is 15.8 Å². The molecule has 0 aliphatic carbocycles. The standard InChI is InChI=1S/C11H24N2O2/c1-8(2)9(12)6-10(14)13-11(3,4)7-15-5/h8-9H,6-7,12H2,1-5H3,(H,13,14). The smallest absolute Gasteiger partial charge is 0.222 e. The van der Waals surface area contributed by atoms with Crippen LogP contribution >= 0.6 is 0 Å². The van der Waals surface area contributed by atoms with E-state index in [-0.39, 0.29) is 17.5 Å². The Morgan fingerprint density at radius 3 is 2.40 bits per heavy atom. The van der Waals surface area contributed by atoms with Crippen molar-refractivity contribution in [2.75, 3.05) is 13.7 Å². The van der Waals surface area contributed by atoms with E-state index in [1.165, 1.54) is 0 Å². The Morgan fingerprint density at radius 2 is 2.00 bits per heavy atom. The first-order valence-electron chi connectivity index (χ1n) is 5.34. The van der Waals surface area contributed by atoms with Crippen molar-refractivity contribution in [2.45, 2.75) is 45.7 Å². The second-order valence-electron chi connectivity index (χ2n) is 4.98. The molecule has 0 aliphatic heterocycles. The Labute approximate surface area is 92.6 Å². The minimum atomic E-state index is -0.331. The number of amides is 1. The van der Waals surface area contributed by atoms with Crippen LogP contribution in [-0.2, 0) is 9.53 Å². The highest BCUT2D eigenvalue weighted by molar-refractivity contribution is 5.77. The average Bonchev–Trinajstić information content (AvgIpc) is 2.01. The summed E-state index contributed by atoms with van der Waals surface area (Å²) in [5.74, 6) is 0.305. The molecule has 0 spiro atoms.